The molecule has 3 aromatic rings. The van der Waals surface area contributed by atoms with E-state index >= 15 is 0 Å². The molecule has 2 aromatic heterocycles. The maximum atomic E-state index is 13.1. The van der Waals surface area contributed by atoms with Crippen molar-refractivity contribution >= 4 is 32.2 Å². The Morgan fingerprint density at radius 2 is 1.79 bits per heavy atom. The second-order valence-corrected chi connectivity index (χ2v) is 11.2. The number of hydrogen-bond acceptors (Lipinski definition) is 7. The largest absolute Gasteiger partial charge is 0.336 e. The summed E-state index contributed by atoms with van der Waals surface area (Å²) in [6.45, 7) is 3.98. The number of amides is 1. The molecule has 0 aliphatic carbocycles. The monoisotopic (exact) mass is 487 g/mol. The van der Waals surface area contributed by atoms with Gasteiger partial charge in [0.15, 0.2) is 4.96 Å². The molecule has 2 saturated heterocycles. The number of hydrogen-bond donors (Lipinski definition) is 0. The van der Waals surface area contributed by atoms with Crippen LogP contribution >= 0.6 is 11.3 Å². The molecule has 0 N–H and O–H groups in total. The molecular formula is C22H25N5O4S2. The molecule has 0 saturated carbocycles. The predicted octanol–water partition coefficient (Wildman–Crippen LogP) is 1.50. The molecule has 174 valence electrons. The van der Waals surface area contributed by atoms with Gasteiger partial charge in [0.25, 0.3) is 11.5 Å². The van der Waals surface area contributed by atoms with Gasteiger partial charge in [-0.1, -0.05) is 6.07 Å². The van der Waals surface area contributed by atoms with Gasteiger partial charge in [-0.2, -0.15) is 4.31 Å². The zero-order valence-corrected chi connectivity index (χ0v) is 19.7. The van der Waals surface area contributed by atoms with Crippen LogP contribution in [0.4, 0.5) is 0 Å². The lowest BCUT2D eigenvalue weighted by atomic mass is 10.2. The van der Waals surface area contributed by atoms with Crippen molar-refractivity contribution in [2.45, 2.75) is 24.3 Å². The number of carbonyl (C=O) groups is 1. The second kappa shape index (κ2) is 8.98. The zero-order valence-electron chi connectivity index (χ0n) is 18.1. The van der Waals surface area contributed by atoms with Gasteiger partial charge in [0.05, 0.1) is 10.6 Å². The second-order valence-electron chi connectivity index (χ2n) is 8.35. The average Bonchev–Trinajstić information content (AvgIpc) is 3.52. The third kappa shape index (κ3) is 4.45. The molecule has 0 radical (unpaired) electrons. The SMILES string of the molecule is O=C(c1cccc(S(=O)(=O)N2CCCC2)c1)N1CCN(Cc2cc(=O)n3ccsc3n2)CC1. The fraction of sp³-hybridized carbons (Fsp3) is 0.409. The van der Waals surface area contributed by atoms with Crippen LogP contribution in [0.15, 0.2) is 51.6 Å². The predicted molar refractivity (Wildman–Crippen MR) is 125 cm³/mol. The quantitative estimate of drug-likeness (QED) is 0.541. The number of piperazine rings is 1. The molecule has 33 heavy (non-hydrogen) atoms. The highest BCUT2D eigenvalue weighted by Crippen LogP contribution is 2.22. The van der Waals surface area contributed by atoms with Gasteiger partial charge in [0.1, 0.15) is 0 Å². The summed E-state index contributed by atoms with van der Waals surface area (Å²) in [4.78, 5) is 34.6. The van der Waals surface area contributed by atoms with Gasteiger partial charge < -0.3 is 4.90 Å². The van der Waals surface area contributed by atoms with Gasteiger partial charge in [0, 0.05) is 69.0 Å². The highest BCUT2D eigenvalue weighted by atomic mass is 32.2. The number of sulfonamides is 1. The maximum absolute atomic E-state index is 13.1. The number of nitrogens with zero attached hydrogens (tertiary/aromatic N) is 5. The van der Waals surface area contributed by atoms with Gasteiger partial charge in [-0.15, -0.1) is 11.3 Å². The molecule has 2 fully saturated rings. The lowest BCUT2D eigenvalue weighted by molar-refractivity contribution is 0.0627. The minimum absolute atomic E-state index is 0.0890. The van der Waals surface area contributed by atoms with Crippen LogP contribution in [0.5, 0.6) is 0 Å². The van der Waals surface area contributed by atoms with Crippen LogP contribution in [-0.4, -0.2) is 77.1 Å². The number of fused-ring (bicyclic) bond motifs is 1. The van der Waals surface area contributed by atoms with E-state index in [1.807, 2.05) is 5.38 Å². The van der Waals surface area contributed by atoms with Crippen LogP contribution < -0.4 is 5.56 Å². The molecule has 9 nitrogen and oxygen atoms in total. The Hall–Kier alpha value is -2.60. The first kappa shape index (κ1) is 22.2. The van der Waals surface area contributed by atoms with Crippen LogP contribution in [0.1, 0.15) is 28.9 Å². The summed E-state index contributed by atoms with van der Waals surface area (Å²) < 4.78 is 28.7. The molecular weight excluding hydrogens is 462 g/mol. The molecule has 0 atom stereocenters. The van der Waals surface area contributed by atoms with Crippen molar-refractivity contribution in [3.63, 3.8) is 0 Å². The van der Waals surface area contributed by atoms with E-state index in [9.17, 15) is 18.0 Å². The minimum atomic E-state index is -3.56. The molecule has 0 unspecified atom stereocenters. The highest BCUT2D eigenvalue weighted by molar-refractivity contribution is 7.89. The van der Waals surface area contributed by atoms with Crippen LogP contribution in [0.25, 0.3) is 4.96 Å². The summed E-state index contributed by atoms with van der Waals surface area (Å²) in [5.41, 5.74) is 1.03. The number of carbonyl (C=O) groups excluding carboxylic acids is 1. The van der Waals surface area contributed by atoms with Crippen molar-refractivity contribution in [1.29, 1.82) is 0 Å². The van der Waals surface area contributed by atoms with E-state index in [0.29, 0.717) is 56.3 Å². The van der Waals surface area contributed by atoms with Gasteiger partial charge in [-0.25, -0.2) is 13.4 Å². The van der Waals surface area contributed by atoms with Crippen molar-refractivity contribution in [2.24, 2.45) is 0 Å². The Balaban J connectivity index is 1.24. The maximum Gasteiger partial charge on any atom is 0.258 e. The van der Waals surface area contributed by atoms with E-state index in [-0.39, 0.29) is 16.4 Å². The zero-order chi connectivity index (χ0) is 23.0. The summed E-state index contributed by atoms with van der Waals surface area (Å²) in [6, 6.07) is 7.92. The van der Waals surface area contributed by atoms with Gasteiger partial charge in [-0.3, -0.25) is 18.9 Å². The average molecular weight is 488 g/mol. The van der Waals surface area contributed by atoms with Crippen LogP contribution in [-0.2, 0) is 16.6 Å². The van der Waals surface area contributed by atoms with Crippen molar-refractivity contribution < 1.29 is 13.2 Å². The molecule has 1 amide bonds. The highest BCUT2D eigenvalue weighted by Gasteiger charge is 2.29. The smallest absolute Gasteiger partial charge is 0.258 e. The third-order valence-electron chi connectivity index (χ3n) is 6.19. The first-order valence-corrected chi connectivity index (χ1v) is 13.3. The van der Waals surface area contributed by atoms with Crippen molar-refractivity contribution in [1.82, 2.24) is 23.5 Å². The third-order valence-corrected chi connectivity index (χ3v) is 8.84. The van der Waals surface area contributed by atoms with Crippen LogP contribution in [0.3, 0.4) is 0 Å². The molecule has 2 aliphatic rings. The summed E-state index contributed by atoms with van der Waals surface area (Å²) in [7, 11) is -3.56. The van der Waals surface area contributed by atoms with Gasteiger partial charge in [-0.05, 0) is 31.0 Å². The number of thiazole rings is 1. The molecule has 5 rings (SSSR count). The molecule has 2 aliphatic heterocycles. The number of rotatable bonds is 5. The van der Waals surface area contributed by atoms with Crippen molar-refractivity contribution in [3.05, 3.63) is 63.5 Å². The fourth-order valence-corrected chi connectivity index (χ4v) is 6.66. The molecule has 11 heteroatoms. The molecule has 4 heterocycles. The summed E-state index contributed by atoms with van der Waals surface area (Å²) in [5, 5.41) is 1.84. The molecule has 0 bridgehead atoms. The number of benzene rings is 1. The Kier molecular flexibility index (Phi) is 6.04. The molecule has 0 spiro atoms. The van der Waals surface area contributed by atoms with E-state index in [1.165, 1.54) is 26.1 Å². The van der Waals surface area contributed by atoms with Crippen molar-refractivity contribution in [2.75, 3.05) is 39.3 Å². The first-order chi connectivity index (χ1) is 15.9. The Morgan fingerprint density at radius 1 is 1.03 bits per heavy atom. The lowest BCUT2D eigenvalue weighted by Crippen LogP contribution is -2.48. The topological polar surface area (TPSA) is 95.3 Å². The van der Waals surface area contributed by atoms with Crippen LogP contribution in [0, 0.1) is 0 Å². The van der Waals surface area contributed by atoms with Crippen molar-refractivity contribution in [3.8, 4) is 0 Å². The summed E-state index contributed by atoms with van der Waals surface area (Å²) in [5.74, 6) is -0.163. The first-order valence-electron chi connectivity index (χ1n) is 11.0. The Morgan fingerprint density at radius 3 is 2.55 bits per heavy atom. The van der Waals surface area contributed by atoms with E-state index in [4.69, 9.17) is 0 Å². The van der Waals surface area contributed by atoms with E-state index in [2.05, 4.69) is 9.88 Å². The number of aromatic nitrogens is 2. The van der Waals surface area contributed by atoms with E-state index < -0.39 is 10.0 Å². The Bertz CT molecular complexity index is 1340. The molecule has 1 aromatic carbocycles. The standard InChI is InChI=1S/C22H25N5O4S2/c28-20-15-18(23-22-27(20)12-13-32-22)16-24-8-10-25(11-9-24)21(29)17-4-3-5-19(14-17)33(30,31)26-6-1-2-7-26/h3-5,12-15H,1-2,6-11,16H2. The lowest BCUT2D eigenvalue weighted by Gasteiger charge is -2.34. The summed E-state index contributed by atoms with van der Waals surface area (Å²) >= 11 is 1.42. The van der Waals surface area contributed by atoms with Gasteiger partial charge >= 0.3 is 0 Å². The van der Waals surface area contributed by atoms with Gasteiger partial charge in [0.2, 0.25) is 10.0 Å². The van der Waals surface area contributed by atoms with E-state index in [0.717, 1.165) is 18.5 Å². The van der Waals surface area contributed by atoms with Crippen LogP contribution in [0.2, 0.25) is 0 Å². The Labute approximate surface area is 195 Å². The normalized spacial score (nSPS) is 18.2. The minimum Gasteiger partial charge on any atom is -0.336 e. The van der Waals surface area contributed by atoms with E-state index in [1.54, 1.807) is 35.4 Å². The fourth-order valence-electron chi connectivity index (χ4n) is 4.36. The summed E-state index contributed by atoms with van der Waals surface area (Å²) in [6.07, 6.45) is 3.45.